The molecule has 1 aromatic carbocycles. The summed E-state index contributed by atoms with van der Waals surface area (Å²) in [5.74, 6) is 0. The standard InChI is InChI=1S/C24H33N5O2/c1-19-15-21(29-11-9-28(10-12-29)18-20-5-2-3-8-27-20)6-7-22(19)23(25)16-26-17-24-30-13-4-14-31-24/h2-3,5-8,15-16,24,26H,4,9-14,17-18,25H2,1H3/b23-16-. The van der Waals surface area contributed by atoms with E-state index in [1.807, 2.05) is 18.5 Å². The first-order chi connectivity index (χ1) is 15.2. The van der Waals surface area contributed by atoms with Crippen molar-refractivity contribution in [3.05, 3.63) is 65.6 Å². The fourth-order valence-electron chi connectivity index (χ4n) is 4.05. The van der Waals surface area contributed by atoms with Gasteiger partial charge in [-0.2, -0.15) is 0 Å². The summed E-state index contributed by atoms with van der Waals surface area (Å²) in [6, 6.07) is 12.6. The number of nitrogens with one attached hydrogen (secondary N) is 1. The number of pyridine rings is 1. The van der Waals surface area contributed by atoms with E-state index in [1.165, 1.54) is 11.3 Å². The van der Waals surface area contributed by atoms with Gasteiger partial charge in [-0.1, -0.05) is 12.1 Å². The lowest BCUT2D eigenvalue weighted by Gasteiger charge is -2.36. The summed E-state index contributed by atoms with van der Waals surface area (Å²) in [4.78, 5) is 9.35. The topological polar surface area (TPSA) is 75.9 Å². The van der Waals surface area contributed by atoms with Crippen LogP contribution in [0.5, 0.6) is 0 Å². The lowest BCUT2D eigenvalue weighted by atomic mass is 10.0. The molecule has 7 nitrogen and oxygen atoms in total. The predicted molar refractivity (Wildman–Crippen MR) is 123 cm³/mol. The van der Waals surface area contributed by atoms with Crippen LogP contribution in [0, 0.1) is 6.92 Å². The number of anilines is 1. The first-order valence-electron chi connectivity index (χ1n) is 11.1. The number of aryl methyl sites for hydroxylation is 1. The van der Waals surface area contributed by atoms with Crippen molar-refractivity contribution in [2.75, 3.05) is 50.8 Å². The Balaban J connectivity index is 1.29. The molecule has 0 unspecified atom stereocenters. The van der Waals surface area contributed by atoms with Gasteiger partial charge < -0.3 is 25.4 Å². The maximum Gasteiger partial charge on any atom is 0.174 e. The molecule has 0 atom stereocenters. The third-order valence-electron chi connectivity index (χ3n) is 5.81. The van der Waals surface area contributed by atoms with Crippen molar-refractivity contribution in [1.29, 1.82) is 0 Å². The highest BCUT2D eigenvalue weighted by molar-refractivity contribution is 5.68. The van der Waals surface area contributed by atoms with Crippen molar-refractivity contribution in [2.24, 2.45) is 5.73 Å². The zero-order valence-electron chi connectivity index (χ0n) is 18.3. The van der Waals surface area contributed by atoms with Crippen molar-refractivity contribution < 1.29 is 9.47 Å². The number of rotatable bonds is 7. The van der Waals surface area contributed by atoms with Crippen LogP contribution in [0.2, 0.25) is 0 Å². The van der Waals surface area contributed by atoms with Gasteiger partial charge in [-0.05, 0) is 43.2 Å². The van der Waals surface area contributed by atoms with E-state index in [0.717, 1.165) is 69.3 Å². The molecule has 0 spiro atoms. The van der Waals surface area contributed by atoms with Gasteiger partial charge in [0.2, 0.25) is 0 Å². The maximum absolute atomic E-state index is 6.32. The Morgan fingerprint density at radius 1 is 1.16 bits per heavy atom. The van der Waals surface area contributed by atoms with E-state index in [2.05, 4.69) is 57.4 Å². The first-order valence-corrected chi connectivity index (χ1v) is 11.1. The highest BCUT2D eigenvalue weighted by Crippen LogP contribution is 2.23. The smallest absolute Gasteiger partial charge is 0.174 e. The summed E-state index contributed by atoms with van der Waals surface area (Å²) < 4.78 is 11.1. The Labute approximate surface area is 184 Å². The molecule has 0 bridgehead atoms. The van der Waals surface area contributed by atoms with Crippen LogP contribution >= 0.6 is 0 Å². The van der Waals surface area contributed by atoms with Gasteiger partial charge in [-0.15, -0.1) is 0 Å². The minimum Gasteiger partial charge on any atom is -0.397 e. The molecule has 2 saturated heterocycles. The number of hydrogen-bond donors (Lipinski definition) is 2. The Morgan fingerprint density at radius 3 is 2.68 bits per heavy atom. The zero-order valence-corrected chi connectivity index (χ0v) is 18.3. The van der Waals surface area contributed by atoms with E-state index in [-0.39, 0.29) is 6.29 Å². The predicted octanol–water partition coefficient (Wildman–Crippen LogP) is 2.32. The summed E-state index contributed by atoms with van der Waals surface area (Å²) in [5.41, 5.74) is 11.7. The third kappa shape index (κ3) is 5.97. The second-order valence-corrected chi connectivity index (χ2v) is 8.12. The van der Waals surface area contributed by atoms with Crippen LogP contribution in [0.15, 0.2) is 48.8 Å². The molecule has 2 fully saturated rings. The minimum absolute atomic E-state index is 0.197. The second-order valence-electron chi connectivity index (χ2n) is 8.12. The van der Waals surface area contributed by atoms with Crippen molar-refractivity contribution in [3.8, 4) is 0 Å². The van der Waals surface area contributed by atoms with E-state index >= 15 is 0 Å². The summed E-state index contributed by atoms with van der Waals surface area (Å²) in [6.45, 7) is 9.23. The molecular weight excluding hydrogens is 390 g/mol. The fraction of sp³-hybridized carbons (Fsp3) is 0.458. The van der Waals surface area contributed by atoms with Gasteiger partial charge in [0, 0.05) is 56.4 Å². The number of aromatic nitrogens is 1. The Morgan fingerprint density at radius 2 is 1.97 bits per heavy atom. The molecule has 4 rings (SSSR count). The van der Waals surface area contributed by atoms with Crippen LogP contribution in [-0.2, 0) is 16.0 Å². The molecule has 1 aromatic heterocycles. The van der Waals surface area contributed by atoms with Crippen LogP contribution in [0.4, 0.5) is 5.69 Å². The van der Waals surface area contributed by atoms with Crippen LogP contribution in [0.1, 0.15) is 23.2 Å². The van der Waals surface area contributed by atoms with E-state index < -0.39 is 0 Å². The van der Waals surface area contributed by atoms with Crippen LogP contribution in [-0.4, -0.2) is 62.1 Å². The van der Waals surface area contributed by atoms with Gasteiger partial charge in [0.05, 0.1) is 31.1 Å². The van der Waals surface area contributed by atoms with Gasteiger partial charge >= 0.3 is 0 Å². The highest BCUT2D eigenvalue weighted by Gasteiger charge is 2.18. The molecule has 3 heterocycles. The second kappa shape index (κ2) is 10.6. The average Bonchev–Trinajstić information content (AvgIpc) is 2.81. The quantitative estimate of drug-likeness (QED) is 0.708. The SMILES string of the molecule is Cc1cc(N2CCN(Cc3ccccn3)CC2)ccc1/C(N)=C/NCC1OCCCO1. The molecule has 2 aliphatic rings. The molecule has 2 aromatic rings. The van der Waals surface area contributed by atoms with E-state index in [9.17, 15) is 0 Å². The lowest BCUT2D eigenvalue weighted by molar-refractivity contribution is -0.174. The molecule has 0 amide bonds. The van der Waals surface area contributed by atoms with Crippen molar-refractivity contribution in [3.63, 3.8) is 0 Å². The Bertz CT molecular complexity index is 860. The molecule has 0 radical (unpaired) electrons. The van der Waals surface area contributed by atoms with Crippen LogP contribution < -0.4 is 16.0 Å². The molecule has 166 valence electrons. The Kier molecular flexibility index (Phi) is 7.40. The molecule has 31 heavy (non-hydrogen) atoms. The third-order valence-corrected chi connectivity index (χ3v) is 5.81. The van der Waals surface area contributed by atoms with Gasteiger partial charge in [0.1, 0.15) is 0 Å². The largest absolute Gasteiger partial charge is 0.397 e. The van der Waals surface area contributed by atoms with Gasteiger partial charge in [-0.3, -0.25) is 9.88 Å². The molecule has 0 saturated carbocycles. The number of nitrogens with two attached hydrogens (primary N) is 1. The summed E-state index contributed by atoms with van der Waals surface area (Å²) in [7, 11) is 0. The van der Waals surface area contributed by atoms with Crippen molar-refractivity contribution >= 4 is 11.4 Å². The molecule has 2 aliphatic heterocycles. The van der Waals surface area contributed by atoms with E-state index in [1.54, 1.807) is 0 Å². The van der Waals surface area contributed by atoms with Crippen molar-refractivity contribution in [1.82, 2.24) is 15.2 Å². The van der Waals surface area contributed by atoms with Gasteiger partial charge in [-0.25, -0.2) is 0 Å². The molecule has 0 aliphatic carbocycles. The average molecular weight is 424 g/mol. The maximum atomic E-state index is 6.32. The van der Waals surface area contributed by atoms with Gasteiger partial charge in [0.25, 0.3) is 0 Å². The monoisotopic (exact) mass is 423 g/mol. The number of nitrogens with zero attached hydrogens (tertiary/aromatic N) is 3. The first kappa shape index (κ1) is 21.6. The lowest BCUT2D eigenvalue weighted by Crippen LogP contribution is -2.46. The zero-order chi connectivity index (χ0) is 21.5. The van der Waals surface area contributed by atoms with Crippen molar-refractivity contribution in [2.45, 2.75) is 26.2 Å². The van der Waals surface area contributed by atoms with E-state index in [4.69, 9.17) is 15.2 Å². The normalized spacial score (nSPS) is 18.9. The number of piperazine rings is 1. The minimum atomic E-state index is -0.197. The van der Waals surface area contributed by atoms with Gasteiger partial charge in [0.15, 0.2) is 6.29 Å². The summed E-state index contributed by atoms with van der Waals surface area (Å²) >= 11 is 0. The Hall–Kier alpha value is -2.61. The highest BCUT2D eigenvalue weighted by atomic mass is 16.7. The summed E-state index contributed by atoms with van der Waals surface area (Å²) in [6.07, 6.45) is 4.47. The number of hydrogen-bond acceptors (Lipinski definition) is 7. The molecular formula is C24H33N5O2. The molecule has 7 heteroatoms. The summed E-state index contributed by atoms with van der Waals surface area (Å²) in [5, 5.41) is 3.23. The van der Waals surface area contributed by atoms with Crippen LogP contribution in [0.3, 0.4) is 0 Å². The van der Waals surface area contributed by atoms with E-state index in [0.29, 0.717) is 6.54 Å². The molecule has 3 N–H and O–H groups in total. The number of benzene rings is 1. The van der Waals surface area contributed by atoms with Crippen LogP contribution in [0.25, 0.3) is 5.70 Å². The fourth-order valence-corrected chi connectivity index (χ4v) is 4.05. The number of ether oxygens (including phenoxy) is 2.